The second-order valence-corrected chi connectivity index (χ2v) is 4.59. The van der Waals surface area contributed by atoms with Crippen molar-refractivity contribution >= 4 is 5.69 Å². The molecule has 0 saturated heterocycles. The van der Waals surface area contributed by atoms with Crippen LogP contribution in [0.3, 0.4) is 0 Å². The van der Waals surface area contributed by atoms with E-state index in [9.17, 15) is 4.39 Å². The predicted molar refractivity (Wildman–Crippen MR) is 67.6 cm³/mol. The standard InChI is InChI=1S/C15H14FN/c1-10-4-2-5-11(8-10)14-9-12-6-3-7-13(16)15(12)17-14/h2-8,14,17H,9H2,1H3. The first-order chi connectivity index (χ1) is 8.24. The second kappa shape index (κ2) is 3.88. The Kier molecular flexibility index (Phi) is 2.36. The topological polar surface area (TPSA) is 12.0 Å². The van der Waals surface area contributed by atoms with Gasteiger partial charge >= 0.3 is 0 Å². The third-order valence-electron chi connectivity index (χ3n) is 3.29. The molecule has 17 heavy (non-hydrogen) atoms. The number of para-hydroxylation sites is 1. The number of benzene rings is 2. The number of aryl methyl sites for hydroxylation is 1. The monoisotopic (exact) mass is 227 g/mol. The maximum atomic E-state index is 13.6. The summed E-state index contributed by atoms with van der Waals surface area (Å²) in [5, 5.41) is 3.27. The molecule has 0 fully saturated rings. The van der Waals surface area contributed by atoms with Crippen LogP contribution in [0.4, 0.5) is 10.1 Å². The summed E-state index contributed by atoms with van der Waals surface area (Å²) in [4.78, 5) is 0. The summed E-state index contributed by atoms with van der Waals surface area (Å²) >= 11 is 0. The number of nitrogens with one attached hydrogen (secondary N) is 1. The first-order valence-corrected chi connectivity index (χ1v) is 5.84. The highest BCUT2D eigenvalue weighted by Crippen LogP contribution is 2.35. The third kappa shape index (κ3) is 1.80. The van der Waals surface area contributed by atoms with Crippen LogP contribution < -0.4 is 5.32 Å². The van der Waals surface area contributed by atoms with Gasteiger partial charge in [-0.15, -0.1) is 0 Å². The van der Waals surface area contributed by atoms with E-state index >= 15 is 0 Å². The van der Waals surface area contributed by atoms with E-state index in [4.69, 9.17) is 0 Å². The summed E-state index contributed by atoms with van der Waals surface area (Å²) in [5.74, 6) is -0.155. The van der Waals surface area contributed by atoms with E-state index in [0.29, 0.717) is 5.69 Å². The van der Waals surface area contributed by atoms with Gasteiger partial charge in [0.1, 0.15) is 5.82 Å². The van der Waals surface area contributed by atoms with Crippen LogP contribution in [0.5, 0.6) is 0 Å². The number of hydrogen-bond acceptors (Lipinski definition) is 1. The van der Waals surface area contributed by atoms with Crippen LogP contribution in [0.15, 0.2) is 42.5 Å². The van der Waals surface area contributed by atoms with Crippen molar-refractivity contribution in [2.45, 2.75) is 19.4 Å². The maximum absolute atomic E-state index is 13.6. The highest BCUT2D eigenvalue weighted by Gasteiger charge is 2.24. The predicted octanol–water partition coefficient (Wildman–Crippen LogP) is 3.84. The van der Waals surface area contributed by atoms with Crippen LogP contribution >= 0.6 is 0 Å². The van der Waals surface area contributed by atoms with Gasteiger partial charge in [-0.3, -0.25) is 0 Å². The molecular weight excluding hydrogens is 213 g/mol. The van der Waals surface area contributed by atoms with Gasteiger partial charge in [0.25, 0.3) is 0 Å². The van der Waals surface area contributed by atoms with Gasteiger partial charge in [-0.25, -0.2) is 4.39 Å². The highest BCUT2D eigenvalue weighted by molar-refractivity contribution is 5.59. The van der Waals surface area contributed by atoms with E-state index in [1.54, 1.807) is 6.07 Å². The molecule has 0 aromatic heterocycles. The maximum Gasteiger partial charge on any atom is 0.146 e. The first-order valence-electron chi connectivity index (χ1n) is 5.84. The van der Waals surface area contributed by atoms with Crippen LogP contribution in [0, 0.1) is 12.7 Å². The molecule has 1 unspecified atom stereocenters. The van der Waals surface area contributed by atoms with E-state index in [1.807, 2.05) is 12.1 Å². The minimum absolute atomic E-state index is 0.155. The fourth-order valence-electron chi connectivity index (χ4n) is 2.43. The molecule has 0 bridgehead atoms. The SMILES string of the molecule is Cc1cccc(C2Cc3cccc(F)c3N2)c1. The summed E-state index contributed by atoms with van der Waals surface area (Å²) in [6, 6.07) is 13.8. The fourth-order valence-corrected chi connectivity index (χ4v) is 2.43. The van der Waals surface area contributed by atoms with Crippen LogP contribution in [-0.4, -0.2) is 0 Å². The summed E-state index contributed by atoms with van der Waals surface area (Å²) < 4.78 is 13.6. The van der Waals surface area contributed by atoms with Crippen LogP contribution in [0.2, 0.25) is 0 Å². The van der Waals surface area contributed by atoms with Crippen LogP contribution in [0.25, 0.3) is 0 Å². The molecule has 1 aliphatic rings. The lowest BCUT2D eigenvalue weighted by atomic mass is 10.0. The van der Waals surface area contributed by atoms with Crippen molar-refractivity contribution < 1.29 is 4.39 Å². The molecule has 1 N–H and O–H groups in total. The van der Waals surface area contributed by atoms with Gasteiger partial charge in [0.15, 0.2) is 0 Å². The quantitative estimate of drug-likeness (QED) is 0.780. The molecule has 0 radical (unpaired) electrons. The van der Waals surface area contributed by atoms with Crippen LogP contribution in [0.1, 0.15) is 22.7 Å². The van der Waals surface area contributed by atoms with E-state index in [2.05, 4.69) is 30.4 Å². The summed E-state index contributed by atoms with van der Waals surface area (Å²) in [7, 11) is 0. The van der Waals surface area contributed by atoms with E-state index in [-0.39, 0.29) is 11.9 Å². The average Bonchev–Trinajstić information content (AvgIpc) is 2.74. The molecule has 0 saturated carbocycles. The molecule has 1 nitrogen and oxygen atoms in total. The van der Waals surface area contributed by atoms with Crippen molar-refractivity contribution in [1.29, 1.82) is 0 Å². The Balaban J connectivity index is 1.94. The van der Waals surface area contributed by atoms with Crippen molar-refractivity contribution in [1.82, 2.24) is 0 Å². The van der Waals surface area contributed by atoms with Crippen molar-refractivity contribution in [3.63, 3.8) is 0 Å². The third-order valence-corrected chi connectivity index (χ3v) is 3.29. The Morgan fingerprint density at radius 3 is 2.76 bits per heavy atom. The lowest BCUT2D eigenvalue weighted by Gasteiger charge is -2.12. The van der Waals surface area contributed by atoms with Crippen molar-refractivity contribution in [2.24, 2.45) is 0 Å². The molecule has 1 aliphatic heterocycles. The van der Waals surface area contributed by atoms with Gasteiger partial charge in [0, 0.05) is 0 Å². The molecule has 3 rings (SSSR count). The van der Waals surface area contributed by atoms with Gasteiger partial charge in [-0.2, -0.15) is 0 Å². The Morgan fingerprint density at radius 2 is 2.00 bits per heavy atom. The zero-order valence-electron chi connectivity index (χ0n) is 9.70. The Labute approximate surface area is 100 Å². The number of halogens is 1. The molecule has 2 aromatic rings. The normalized spacial score (nSPS) is 17.6. The molecular formula is C15H14FN. The minimum atomic E-state index is -0.155. The number of rotatable bonds is 1. The van der Waals surface area contributed by atoms with Gasteiger partial charge in [0.2, 0.25) is 0 Å². The van der Waals surface area contributed by atoms with Gasteiger partial charge < -0.3 is 5.32 Å². The van der Waals surface area contributed by atoms with Crippen LogP contribution in [-0.2, 0) is 6.42 Å². The number of fused-ring (bicyclic) bond motifs is 1. The zero-order chi connectivity index (χ0) is 11.8. The Bertz CT molecular complexity index is 563. The van der Waals surface area contributed by atoms with Crippen molar-refractivity contribution in [3.05, 3.63) is 65.0 Å². The Hall–Kier alpha value is -1.83. The van der Waals surface area contributed by atoms with E-state index < -0.39 is 0 Å². The lowest BCUT2D eigenvalue weighted by molar-refractivity contribution is 0.630. The molecule has 1 atom stereocenters. The van der Waals surface area contributed by atoms with Crippen molar-refractivity contribution in [3.8, 4) is 0 Å². The van der Waals surface area contributed by atoms with Gasteiger partial charge in [0.05, 0.1) is 11.7 Å². The molecule has 2 aromatic carbocycles. The number of hydrogen-bond donors (Lipinski definition) is 1. The Morgan fingerprint density at radius 1 is 1.18 bits per heavy atom. The molecule has 86 valence electrons. The highest BCUT2D eigenvalue weighted by atomic mass is 19.1. The number of anilines is 1. The molecule has 0 aliphatic carbocycles. The first kappa shape index (κ1) is 10.3. The molecule has 1 heterocycles. The smallest absolute Gasteiger partial charge is 0.146 e. The summed E-state index contributed by atoms with van der Waals surface area (Å²) in [5.41, 5.74) is 4.19. The molecule has 2 heteroatoms. The zero-order valence-corrected chi connectivity index (χ0v) is 9.70. The molecule has 0 amide bonds. The van der Waals surface area contributed by atoms with Crippen molar-refractivity contribution in [2.75, 3.05) is 5.32 Å². The van der Waals surface area contributed by atoms with Gasteiger partial charge in [-0.1, -0.05) is 42.0 Å². The van der Waals surface area contributed by atoms with Gasteiger partial charge in [-0.05, 0) is 30.5 Å². The minimum Gasteiger partial charge on any atom is -0.375 e. The van der Waals surface area contributed by atoms with E-state index in [0.717, 1.165) is 12.0 Å². The fraction of sp³-hybridized carbons (Fsp3) is 0.200. The molecule has 0 spiro atoms. The average molecular weight is 227 g/mol. The lowest BCUT2D eigenvalue weighted by Crippen LogP contribution is -2.06. The van der Waals surface area contributed by atoms with E-state index in [1.165, 1.54) is 17.2 Å². The summed E-state index contributed by atoms with van der Waals surface area (Å²) in [6.07, 6.45) is 0.858. The largest absolute Gasteiger partial charge is 0.375 e. The second-order valence-electron chi connectivity index (χ2n) is 4.59. The summed E-state index contributed by atoms with van der Waals surface area (Å²) in [6.45, 7) is 2.08.